The molecule has 0 spiro atoms. The zero-order chi connectivity index (χ0) is 20.5. The second-order valence-corrected chi connectivity index (χ2v) is 8.25. The molecule has 2 aromatic rings. The van der Waals surface area contributed by atoms with Gasteiger partial charge in [-0.2, -0.15) is 4.31 Å². The number of piperazine rings is 1. The van der Waals surface area contributed by atoms with Gasteiger partial charge in [-0.25, -0.2) is 26.4 Å². The molecule has 28 heavy (non-hydrogen) atoms. The number of carbonyl (C=O) groups excluding carboxylic acids is 1. The van der Waals surface area contributed by atoms with Crippen molar-refractivity contribution in [1.82, 2.24) is 9.21 Å². The van der Waals surface area contributed by atoms with Crippen LogP contribution < -0.4 is 5.32 Å². The lowest BCUT2D eigenvalue weighted by atomic mass is 10.2. The van der Waals surface area contributed by atoms with E-state index in [0.29, 0.717) is 6.07 Å². The van der Waals surface area contributed by atoms with E-state index in [1.54, 1.807) is 6.92 Å². The van der Waals surface area contributed by atoms with Gasteiger partial charge in [0, 0.05) is 31.7 Å². The van der Waals surface area contributed by atoms with Gasteiger partial charge in [0.15, 0.2) is 0 Å². The first-order chi connectivity index (χ1) is 13.2. The van der Waals surface area contributed by atoms with Crippen molar-refractivity contribution in [3.63, 3.8) is 0 Å². The normalized spacial score (nSPS) is 18.1. The van der Waals surface area contributed by atoms with Crippen molar-refractivity contribution in [3.05, 3.63) is 59.9 Å². The number of urea groups is 1. The molecular formula is C18H18F3N3O3S. The lowest BCUT2D eigenvalue weighted by Crippen LogP contribution is -2.56. The van der Waals surface area contributed by atoms with Crippen LogP contribution in [0.3, 0.4) is 0 Å². The minimum absolute atomic E-state index is 0.0301. The number of sulfonamides is 1. The molecule has 0 aliphatic carbocycles. The van der Waals surface area contributed by atoms with Gasteiger partial charge in [0.2, 0.25) is 10.0 Å². The highest BCUT2D eigenvalue weighted by Gasteiger charge is 2.36. The van der Waals surface area contributed by atoms with Crippen LogP contribution >= 0.6 is 0 Å². The Kier molecular flexibility index (Phi) is 5.61. The van der Waals surface area contributed by atoms with Crippen molar-refractivity contribution in [2.75, 3.05) is 25.0 Å². The van der Waals surface area contributed by atoms with Gasteiger partial charge in [-0.05, 0) is 31.2 Å². The molecular weight excluding hydrogens is 395 g/mol. The van der Waals surface area contributed by atoms with Crippen molar-refractivity contribution in [2.24, 2.45) is 0 Å². The molecule has 0 aromatic heterocycles. The maximum Gasteiger partial charge on any atom is 0.322 e. The van der Waals surface area contributed by atoms with Crippen LogP contribution in [0.25, 0.3) is 0 Å². The standard InChI is InChI=1S/C18H18F3N3O3S/c1-12-11-23(18(25)22-16-7-6-13(19)10-15(16)21)8-9-24(12)28(26,27)17-5-3-2-4-14(17)20/h2-7,10,12H,8-9,11H2,1H3,(H,22,25)/t12-/m0/s1. The summed E-state index contributed by atoms with van der Waals surface area (Å²) in [6, 6.07) is 6.59. The molecule has 1 fully saturated rings. The van der Waals surface area contributed by atoms with Gasteiger partial charge in [0.1, 0.15) is 22.3 Å². The maximum atomic E-state index is 13.9. The Morgan fingerprint density at radius 1 is 1.07 bits per heavy atom. The predicted octanol–water partition coefficient (Wildman–Crippen LogP) is 3.03. The third kappa shape index (κ3) is 3.97. The van der Waals surface area contributed by atoms with E-state index in [-0.39, 0.29) is 25.3 Å². The van der Waals surface area contributed by atoms with Gasteiger partial charge < -0.3 is 10.2 Å². The Morgan fingerprint density at radius 3 is 2.43 bits per heavy atom. The first kappa shape index (κ1) is 20.2. The molecule has 0 unspecified atom stereocenters. The molecule has 2 amide bonds. The molecule has 10 heteroatoms. The first-order valence-electron chi connectivity index (χ1n) is 8.47. The maximum absolute atomic E-state index is 13.9. The second-order valence-electron chi connectivity index (χ2n) is 6.40. The van der Waals surface area contributed by atoms with E-state index in [9.17, 15) is 26.4 Å². The number of amides is 2. The lowest BCUT2D eigenvalue weighted by Gasteiger charge is -2.38. The quantitative estimate of drug-likeness (QED) is 0.841. The van der Waals surface area contributed by atoms with Crippen LogP contribution in [0.2, 0.25) is 0 Å². The summed E-state index contributed by atoms with van der Waals surface area (Å²) in [6.07, 6.45) is 0. The van der Waals surface area contributed by atoms with E-state index in [4.69, 9.17) is 0 Å². The third-order valence-corrected chi connectivity index (χ3v) is 6.50. The molecule has 6 nitrogen and oxygen atoms in total. The van der Waals surface area contributed by atoms with Gasteiger partial charge in [0.25, 0.3) is 0 Å². The summed E-state index contributed by atoms with van der Waals surface area (Å²) in [5.74, 6) is -2.53. The molecule has 1 aliphatic rings. The summed E-state index contributed by atoms with van der Waals surface area (Å²) in [6.45, 7) is 1.61. The number of rotatable bonds is 3. The van der Waals surface area contributed by atoms with Gasteiger partial charge in [0.05, 0.1) is 5.69 Å². The number of benzene rings is 2. The summed E-state index contributed by atoms with van der Waals surface area (Å²) in [5, 5.41) is 2.34. The van der Waals surface area contributed by atoms with Gasteiger partial charge >= 0.3 is 6.03 Å². The smallest absolute Gasteiger partial charge is 0.322 e. The number of carbonyl (C=O) groups is 1. The van der Waals surface area contributed by atoms with Crippen molar-refractivity contribution < 1.29 is 26.4 Å². The van der Waals surface area contributed by atoms with Crippen LogP contribution in [-0.4, -0.2) is 49.3 Å². The van der Waals surface area contributed by atoms with E-state index in [2.05, 4.69) is 5.32 Å². The largest absolute Gasteiger partial charge is 0.322 e. The van der Waals surface area contributed by atoms with E-state index < -0.39 is 44.4 Å². The summed E-state index contributed by atoms with van der Waals surface area (Å²) in [7, 11) is -4.06. The van der Waals surface area contributed by atoms with E-state index in [0.717, 1.165) is 22.5 Å². The zero-order valence-corrected chi connectivity index (χ0v) is 15.7. The van der Waals surface area contributed by atoms with Crippen LogP contribution in [0, 0.1) is 17.5 Å². The minimum atomic E-state index is -4.06. The second kappa shape index (κ2) is 7.80. The van der Waals surface area contributed by atoms with Crippen LogP contribution in [0.5, 0.6) is 0 Å². The number of halogens is 3. The summed E-state index contributed by atoms with van der Waals surface area (Å²) in [5.41, 5.74) is -0.180. The summed E-state index contributed by atoms with van der Waals surface area (Å²) < 4.78 is 67.2. The number of hydrogen-bond donors (Lipinski definition) is 1. The molecule has 1 N–H and O–H groups in total. The fourth-order valence-corrected chi connectivity index (χ4v) is 4.73. The summed E-state index contributed by atoms with van der Waals surface area (Å²) >= 11 is 0. The Balaban J connectivity index is 1.71. The fourth-order valence-electron chi connectivity index (χ4n) is 3.05. The van der Waals surface area contributed by atoms with Crippen LogP contribution in [0.4, 0.5) is 23.7 Å². The zero-order valence-electron chi connectivity index (χ0n) is 14.9. The Bertz CT molecular complexity index is 1000. The van der Waals surface area contributed by atoms with Gasteiger partial charge in [-0.15, -0.1) is 0 Å². The van der Waals surface area contributed by atoms with Crippen molar-refractivity contribution in [1.29, 1.82) is 0 Å². The molecule has 1 atom stereocenters. The predicted molar refractivity (Wildman–Crippen MR) is 96.7 cm³/mol. The molecule has 0 saturated carbocycles. The molecule has 3 rings (SSSR count). The SMILES string of the molecule is C[C@H]1CN(C(=O)Nc2ccc(F)cc2F)CCN1S(=O)(=O)c1ccccc1F. The van der Waals surface area contributed by atoms with Gasteiger partial charge in [-0.1, -0.05) is 12.1 Å². The van der Waals surface area contributed by atoms with Crippen molar-refractivity contribution in [2.45, 2.75) is 17.9 Å². The Hall–Kier alpha value is -2.59. The van der Waals surface area contributed by atoms with Crippen molar-refractivity contribution >= 4 is 21.7 Å². The summed E-state index contributed by atoms with van der Waals surface area (Å²) in [4.78, 5) is 13.3. The highest BCUT2D eigenvalue weighted by Crippen LogP contribution is 2.24. The van der Waals surface area contributed by atoms with Gasteiger partial charge in [-0.3, -0.25) is 0 Å². The first-order valence-corrected chi connectivity index (χ1v) is 9.91. The average molecular weight is 413 g/mol. The monoisotopic (exact) mass is 413 g/mol. The number of nitrogens with zero attached hydrogens (tertiary/aromatic N) is 2. The highest BCUT2D eigenvalue weighted by molar-refractivity contribution is 7.89. The number of hydrogen-bond acceptors (Lipinski definition) is 3. The Labute approximate surface area is 160 Å². The van der Waals surface area contributed by atoms with E-state index in [1.807, 2.05) is 0 Å². The van der Waals surface area contributed by atoms with E-state index >= 15 is 0 Å². The van der Waals surface area contributed by atoms with E-state index in [1.165, 1.54) is 23.1 Å². The molecule has 2 aromatic carbocycles. The molecule has 0 radical (unpaired) electrons. The van der Waals surface area contributed by atoms with Crippen LogP contribution in [-0.2, 0) is 10.0 Å². The average Bonchev–Trinajstić information content (AvgIpc) is 2.63. The number of nitrogens with one attached hydrogen (secondary N) is 1. The molecule has 1 heterocycles. The molecule has 0 bridgehead atoms. The highest BCUT2D eigenvalue weighted by atomic mass is 32.2. The van der Waals surface area contributed by atoms with Crippen molar-refractivity contribution in [3.8, 4) is 0 Å². The third-order valence-electron chi connectivity index (χ3n) is 4.45. The number of anilines is 1. The molecule has 1 saturated heterocycles. The molecule has 1 aliphatic heterocycles. The minimum Gasteiger partial charge on any atom is -0.322 e. The molecule has 150 valence electrons. The van der Waals surface area contributed by atoms with Crippen LogP contribution in [0.1, 0.15) is 6.92 Å². The lowest BCUT2D eigenvalue weighted by molar-refractivity contribution is 0.157. The fraction of sp³-hybridized carbons (Fsp3) is 0.278. The topological polar surface area (TPSA) is 69.7 Å². The van der Waals surface area contributed by atoms with Crippen LogP contribution in [0.15, 0.2) is 47.4 Å². The Morgan fingerprint density at radius 2 is 1.79 bits per heavy atom.